The number of hydrogen-bond acceptors (Lipinski definition) is 4. The monoisotopic (exact) mass is 383 g/mol. The van der Waals surface area contributed by atoms with Crippen LogP contribution in [-0.2, 0) is 11.2 Å². The summed E-state index contributed by atoms with van der Waals surface area (Å²) in [6, 6.07) is 13.1. The first-order valence-electron chi connectivity index (χ1n) is 10.2. The minimum absolute atomic E-state index is 0.0475. The van der Waals surface area contributed by atoms with Crippen LogP contribution in [0.1, 0.15) is 37.0 Å². The van der Waals surface area contributed by atoms with Crippen LogP contribution in [0.3, 0.4) is 0 Å². The first kappa shape index (κ1) is 18.5. The summed E-state index contributed by atoms with van der Waals surface area (Å²) in [4.78, 5) is 18.4. The molecule has 1 N–H and O–H groups in total. The van der Waals surface area contributed by atoms with Gasteiger partial charge in [-0.2, -0.15) is 0 Å². The fourth-order valence-electron chi connectivity index (χ4n) is 4.32. The Morgan fingerprint density at radius 3 is 2.41 bits per heavy atom. The van der Waals surface area contributed by atoms with Crippen molar-refractivity contribution >= 4 is 28.6 Å². The van der Waals surface area contributed by atoms with E-state index in [9.17, 15) is 4.79 Å². The summed E-state index contributed by atoms with van der Waals surface area (Å²) in [7, 11) is 0. The van der Waals surface area contributed by atoms with E-state index >= 15 is 0 Å². The Hall–Kier alpha value is -1.85. The number of benzene rings is 1. The van der Waals surface area contributed by atoms with Crippen molar-refractivity contribution in [2.75, 3.05) is 36.4 Å². The zero-order valence-electron chi connectivity index (χ0n) is 15.9. The van der Waals surface area contributed by atoms with Crippen molar-refractivity contribution in [3.8, 4) is 0 Å². The Bertz CT molecular complexity index is 715. The van der Waals surface area contributed by atoms with Gasteiger partial charge in [-0.3, -0.25) is 9.69 Å². The molecule has 27 heavy (non-hydrogen) atoms. The fourth-order valence-corrected chi connectivity index (χ4v) is 5.03. The topological polar surface area (TPSA) is 35.6 Å². The molecule has 2 fully saturated rings. The molecule has 4 rings (SSSR count). The van der Waals surface area contributed by atoms with Gasteiger partial charge in [0.05, 0.1) is 6.42 Å². The first-order valence-corrected chi connectivity index (χ1v) is 11.1. The van der Waals surface area contributed by atoms with Crippen molar-refractivity contribution in [3.05, 3.63) is 46.7 Å². The number of rotatable bonds is 5. The van der Waals surface area contributed by atoms with Crippen LogP contribution in [0.2, 0.25) is 0 Å². The van der Waals surface area contributed by atoms with Crippen molar-refractivity contribution in [1.82, 2.24) is 4.90 Å². The lowest BCUT2D eigenvalue weighted by Crippen LogP contribution is -2.50. The highest BCUT2D eigenvalue weighted by molar-refractivity contribution is 7.10. The SMILES string of the molecule is O=C(Cc1cccs1)Nc1ccc(N2CCN(C3CCCCC3)CC2)cc1. The van der Waals surface area contributed by atoms with Crippen LogP contribution < -0.4 is 10.2 Å². The molecule has 1 aromatic heterocycles. The van der Waals surface area contributed by atoms with E-state index in [1.165, 1.54) is 50.9 Å². The minimum atomic E-state index is 0.0475. The van der Waals surface area contributed by atoms with Crippen molar-refractivity contribution in [3.63, 3.8) is 0 Å². The predicted octanol–water partition coefficient (Wildman–Crippen LogP) is 4.38. The van der Waals surface area contributed by atoms with Crippen LogP contribution in [0.25, 0.3) is 0 Å². The second-order valence-corrected chi connectivity index (χ2v) is 8.70. The number of piperazine rings is 1. The molecule has 1 aliphatic carbocycles. The van der Waals surface area contributed by atoms with E-state index in [1.54, 1.807) is 11.3 Å². The lowest BCUT2D eigenvalue weighted by Gasteiger charge is -2.41. The number of carbonyl (C=O) groups is 1. The van der Waals surface area contributed by atoms with Gasteiger partial charge >= 0.3 is 0 Å². The number of hydrogen-bond donors (Lipinski definition) is 1. The highest BCUT2D eigenvalue weighted by Crippen LogP contribution is 2.25. The van der Waals surface area contributed by atoms with Gasteiger partial charge < -0.3 is 10.2 Å². The molecule has 0 atom stereocenters. The number of amides is 1. The van der Waals surface area contributed by atoms with Crippen molar-refractivity contribution in [2.24, 2.45) is 0 Å². The maximum absolute atomic E-state index is 12.1. The van der Waals surface area contributed by atoms with Gasteiger partial charge in [0.25, 0.3) is 0 Å². The van der Waals surface area contributed by atoms with Gasteiger partial charge in [0.15, 0.2) is 0 Å². The Labute approximate surface area is 166 Å². The summed E-state index contributed by atoms with van der Waals surface area (Å²) in [5.74, 6) is 0.0475. The molecule has 0 bridgehead atoms. The predicted molar refractivity (Wildman–Crippen MR) is 114 cm³/mol. The van der Waals surface area contributed by atoms with Crippen molar-refractivity contribution in [1.29, 1.82) is 0 Å². The maximum Gasteiger partial charge on any atom is 0.229 e. The quantitative estimate of drug-likeness (QED) is 0.832. The molecule has 1 saturated heterocycles. The molecule has 2 aromatic rings. The molecule has 0 radical (unpaired) electrons. The Morgan fingerprint density at radius 1 is 1.00 bits per heavy atom. The standard InChI is InChI=1S/C22H29N3OS/c26-22(17-21-7-4-16-27-21)23-18-8-10-20(11-9-18)25-14-12-24(13-15-25)19-5-2-1-3-6-19/h4,7-11,16,19H,1-3,5-6,12-15,17H2,(H,23,26). The van der Waals surface area contributed by atoms with E-state index in [1.807, 2.05) is 29.6 Å². The highest BCUT2D eigenvalue weighted by Gasteiger charge is 2.25. The summed E-state index contributed by atoms with van der Waals surface area (Å²) in [5.41, 5.74) is 2.13. The average Bonchev–Trinajstić information content (AvgIpc) is 3.22. The number of nitrogens with one attached hydrogen (secondary N) is 1. The third kappa shape index (κ3) is 4.90. The van der Waals surface area contributed by atoms with E-state index in [0.717, 1.165) is 29.7 Å². The molecule has 2 aliphatic rings. The summed E-state index contributed by atoms with van der Waals surface area (Å²) in [6.45, 7) is 4.54. The van der Waals surface area contributed by atoms with Crippen LogP contribution >= 0.6 is 11.3 Å². The lowest BCUT2D eigenvalue weighted by atomic mass is 9.94. The average molecular weight is 384 g/mol. The van der Waals surface area contributed by atoms with Crippen LogP contribution in [0.15, 0.2) is 41.8 Å². The summed E-state index contributed by atoms with van der Waals surface area (Å²) in [6.07, 6.45) is 7.46. The van der Waals surface area contributed by atoms with E-state index in [4.69, 9.17) is 0 Å². The third-order valence-corrected chi connectivity index (χ3v) is 6.71. The van der Waals surface area contributed by atoms with Gasteiger partial charge in [-0.15, -0.1) is 11.3 Å². The van der Waals surface area contributed by atoms with Crippen LogP contribution in [0.4, 0.5) is 11.4 Å². The van der Waals surface area contributed by atoms with Gasteiger partial charge in [-0.1, -0.05) is 25.3 Å². The number of thiophene rings is 1. The zero-order chi connectivity index (χ0) is 18.5. The normalized spacial score (nSPS) is 19.2. The zero-order valence-corrected chi connectivity index (χ0v) is 16.7. The fraction of sp³-hybridized carbons (Fsp3) is 0.500. The molecule has 0 spiro atoms. The van der Waals surface area contributed by atoms with Gasteiger partial charge in [-0.25, -0.2) is 0 Å². The van der Waals surface area contributed by atoms with Gasteiger partial charge in [0.1, 0.15) is 0 Å². The van der Waals surface area contributed by atoms with E-state index in [2.05, 4.69) is 27.2 Å². The van der Waals surface area contributed by atoms with Gasteiger partial charge in [0.2, 0.25) is 5.91 Å². The molecular formula is C22H29N3OS. The van der Waals surface area contributed by atoms with Crippen molar-refractivity contribution < 1.29 is 4.79 Å². The molecular weight excluding hydrogens is 354 g/mol. The molecule has 144 valence electrons. The maximum atomic E-state index is 12.1. The second kappa shape index (κ2) is 8.89. The molecule has 1 aromatic carbocycles. The molecule has 1 amide bonds. The Balaban J connectivity index is 1.27. The lowest BCUT2D eigenvalue weighted by molar-refractivity contribution is -0.115. The summed E-state index contributed by atoms with van der Waals surface area (Å²) in [5, 5.41) is 5.01. The molecule has 1 saturated carbocycles. The van der Waals surface area contributed by atoms with Crippen molar-refractivity contribution in [2.45, 2.75) is 44.6 Å². The largest absolute Gasteiger partial charge is 0.369 e. The molecule has 1 aliphatic heterocycles. The Morgan fingerprint density at radius 2 is 1.74 bits per heavy atom. The number of nitrogens with zero attached hydrogens (tertiary/aromatic N) is 2. The van der Waals surface area contributed by atoms with E-state index < -0.39 is 0 Å². The Kier molecular flexibility index (Phi) is 6.10. The second-order valence-electron chi connectivity index (χ2n) is 7.67. The van der Waals surface area contributed by atoms with Crippen LogP contribution in [-0.4, -0.2) is 43.0 Å². The minimum Gasteiger partial charge on any atom is -0.369 e. The van der Waals surface area contributed by atoms with E-state index in [0.29, 0.717) is 6.42 Å². The third-order valence-electron chi connectivity index (χ3n) is 5.84. The van der Waals surface area contributed by atoms with E-state index in [-0.39, 0.29) is 5.91 Å². The van der Waals surface area contributed by atoms with Crippen LogP contribution in [0.5, 0.6) is 0 Å². The van der Waals surface area contributed by atoms with Gasteiger partial charge in [0, 0.05) is 48.5 Å². The smallest absolute Gasteiger partial charge is 0.229 e. The number of anilines is 2. The summed E-state index contributed by atoms with van der Waals surface area (Å²) < 4.78 is 0. The number of carbonyl (C=O) groups excluding carboxylic acids is 1. The first-order chi connectivity index (χ1) is 13.3. The molecule has 5 heteroatoms. The van der Waals surface area contributed by atoms with Crippen LogP contribution in [0, 0.1) is 0 Å². The molecule has 0 unspecified atom stereocenters. The highest BCUT2D eigenvalue weighted by atomic mass is 32.1. The molecule has 4 nitrogen and oxygen atoms in total. The van der Waals surface area contributed by atoms with Gasteiger partial charge in [-0.05, 0) is 48.6 Å². The summed E-state index contributed by atoms with van der Waals surface area (Å²) >= 11 is 1.62. The molecule has 2 heterocycles.